The summed E-state index contributed by atoms with van der Waals surface area (Å²) >= 11 is 0. The van der Waals surface area contributed by atoms with E-state index >= 15 is 0 Å². The van der Waals surface area contributed by atoms with Crippen LogP contribution in [0.3, 0.4) is 0 Å². The van der Waals surface area contributed by atoms with Crippen LogP contribution in [-0.4, -0.2) is 32.7 Å². The molecular formula is C14H15NO5. The minimum Gasteiger partial charge on any atom is -0.499 e. The molecule has 0 saturated carbocycles. The lowest BCUT2D eigenvalue weighted by atomic mass is 10.1. The summed E-state index contributed by atoms with van der Waals surface area (Å²) in [5.74, 6) is 0.582. The van der Waals surface area contributed by atoms with Gasteiger partial charge in [-0.3, -0.25) is 0 Å². The number of carbonyl (C=O) groups excluding carboxylic acids is 1. The third-order valence-electron chi connectivity index (χ3n) is 2.62. The topological polar surface area (TPSA) is 66.3 Å². The molecule has 0 amide bonds. The molecule has 1 aliphatic heterocycles. The van der Waals surface area contributed by atoms with Gasteiger partial charge in [0.05, 0.1) is 20.8 Å². The first-order chi connectivity index (χ1) is 9.71. The normalized spacial score (nSPS) is 15.8. The molecule has 0 radical (unpaired) electrons. The predicted molar refractivity (Wildman–Crippen MR) is 71.9 cm³/mol. The van der Waals surface area contributed by atoms with Crippen molar-refractivity contribution in [1.82, 2.24) is 0 Å². The summed E-state index contributed by atoms with van der Waals surface area (Å²) in [6.45, 7) is 2.25. The van der Waals surface area contributed by atoms with Crippen LogP contribution in [0.25, 0.3) is 0 Å². The van der Waals surface area contributed by atoms with Crippen molar-refractivity contribution in [2.75, 3.05) is 20.8 Å². The smallest absolute Gasteiger partial charge is 0.367 e. The van der Waals surface area contributed by atoms with Crippen LogP contribution in [0.5, 0.6) is 11.5 Å². The zero-order valence-electron chi connectivity index (χ0n) is 11.5. The van der Waals surface area contributed by atoms with Crippen LogP contribution in [0.15, 0.2) is 35.2 Å². The molecule has 0 atom stereocenters. The number of aliphatic imine (C=N–C) groups is 1. The van der Waals surface area contributed by atoms with E-state index in [9.17, 15) is 4.79 Å². The van der Waals surface area contributed by atoms with E-state index in [4.69, 9.17) is 18.9 Å². The lowest BCUT2D eigenvalue weighted by Crippen LogP contribution is -2.09. The van der Waals surface area contributed by atoms with Gasteiger partial charge in [-0.05, 0) is 19.1 Å². The number of hydrogen-bond donors (Lipinski definition) is 0. The molecule has 0 N–H and O–H groups in total. The maximum atomic E-state index is 11.7. The Kier molecular flexibility index (Phi) is 4.24. The van der Waals surface area contributed by atoms with E-state index in [2.05, 4.69) is 4.99 Å². The SMILES string of the molecule is CCO/C=C1/N=C(c2c(OC)cccc2OC)OC1=O. The Hall–Kier alpha value is -2.50. The second-order valence-electron chi connectivity index (χ2n) is 3.80. The molecule has 0 aliphatic carbocycles. The van der Waals surface area contributed by atoms with Gasteiger partial charge in [-0.15, -0.1) is 0 Å². The van der Waals surface area contributed by atoms with E-state index in [0.29, 0.717) is 23.7 Å². The Labute approximate surface area is 116 Å². The largest absolute Gasteiger partial charge is 0.499 e. The van der Waals surface area contributed by atoms with Crippen LogP contribution in [0.2, 0.25) is 0 Å². The lowest BCUT2D eigenvalue weighted by Gasteiger charge is -2.11. The number of hydrogen-bond acceptors (Lipinski definition) is 6. The van der Waals surface area contributed by atoms with Gasteiger partial charge in [0.1, 0.15) is 23.3 Å². The van der Waals surface area contributed by atoms with Gasteiger partial charge in [-0.1, -0.05) is 6.07 Å². The molecule has 0 bridgehead atoms. The van der Waals surface area contributed by atoms with Crippen molar-refractivity contribution in [1.29, 1.82) is 0 Å². The number of cyclic esters (lactones) is 1. The number of carbonyl (C=O) groups is 1. The van der Waals surface area contributed by atoms with Crippen LogP contribution >= 0.6 is 0 Å². The highest BCUT2D eigenvalue weighted by molar-refractivity contribution is 6.13. The lowest BCUT2D eigenvalue weighted by molar-refractivity contribution is -0.130. The summed E-state index contributed by atoms with van der Waals surface area (Å²) in [6.07, 6.45) is 1.28. The van der Waals surface area contributed by atoms with Crippen molar-refractivity contribution in [2.45, 2.75) is 6.92 Å². The average Bonchev–Trinajstić information content (AvgIpc) is 2.84. The van der Waals surface area contributed by atoms with Gasteiger partial charge in [-0.25, -0.2) is 9.79 Å². The first kappa shape index (κ1) is 13.9. The van der Waals surface area contributed by atoms with Crippen LogP contribution in [-0.2, 0) is 14.3 Å². The standard InChI is InChI=1S/C14H15NO5/c1-4-19-8-9-14(16)20-13(15-9)12-10(17-2)6-5-7-11(12)18-3/h5-8H,4H2,1-3H3/b9-8+. The molecule has 0 spiro atoms. The number of benzene rings is 1. The van der Waals surface area contributed by atoms with Gasteiger partial charge in [0.25, 0.3) is 0 Å². The van der Waals surface area contributed by atoms with Crippen LogP contribution in [0.1, 0.15) is 12.5 Å². The molecule has 106 valence electrons. The molecule has 0 saturated heterocycles. The molecule has 0 aromatic heterocycles. The highest BCUT2D eigenvalue weighted by Crippen LogP contribution is 2.31. The minimum atomic E-state index is -0.568. The first-order valence-corrected chi connectivity index (χ1v) is 6.05. The zero-order valence-corrected chi connectivity index (χ0v) is 11.5. The Bertz CT molecular complexity index is 555. The average molecular weight is 277 g/mol. The Morgan fingerprint density at radius 3 is 2.45 bits per heavy atom. The number of esters is 1. The molecule has 2 rings (SSSR count). The van der Waals surface area contributed by atoms with Crippen molar-refractivity contribution in [3.05, 3.63) is 35.7 Å². The highest BCUT2D eigenvalue weighted by Gasteiger charge is 2.29. The van der Waals surface area contributed by atoms with E-state index in [0.717, 1.165) is 0 Å². The molecule has 0 fully saturated rings. The summed E-state index contributed by atoms with van der Waals surface area (Å²) in [5.41, 5.74) is 0.598. The molecule has 6 heteroatoms. The van der Waals surface area contributed by atoms with E-state index in [1.807, 2.05) is 6.92 Å². The fourth-order valence-electron chi connectivity index (χ4n) is 1.72. The van der Waals surface area contributed by atoms with Gasteiger partial charge in [0.15, 0.2) is 5.70 Å². The van der Waals surface area contributed by atoms with Gasteiger partial charge >= 0.3 is 5.97 Å². The molecule has 1 aromatic carbocycles. The van der Waals surface area contributed by atoms with E-state index < -0.39 is 5.97 Å². The fourth-order valence-corrected chi connectivity index (χ4v) is 1.72. The molecule has 6 nitrogen and oxygen atoms in total. The molecular weight excluding hydrogens is 262 g/mol. The van der Waals surface area contributed by atoms with Crippen LogP contribution in [0.4, 0.5) is 0 Å². The maximum Gasteiger partial charge on any atom is 0.367 e. The van der Waals surface area contributed by atoms with Crippen LogP contribution < -0.4 is 9.47 Å². The number of nitrogens with zero attached hydrogens (tertiary/aromatic N) is 1. The van der Waals surface area contributed by atoms with Crippen molar-refractivity contribution < 1.29 is 23.7 Å². The van der Waals surface area contributed by atoms with Gasteiger partial charge < -0.3 is 18.9 Å². The monoisotopic (exact) mass is 277 g/mol. The third-order valence-corrected chi connectivity index (χ3v) is 2.62. The van der Waals surface area contributed by atoms with Crippen LogP contribution in [0, 0.1) is 0 Å². The van der Waals surface area contributed by atoms with Crippen molar-refractivity contribution in [2.24, 2.45) is 4.99 Å². The summed E-state index contributed by atoms with van der Waals surface area (Å²) in [5, 5.41) is 0. The van der Waals surface area contributed by atoms with E-state index in [-0.39, 0.29) is 11.6 Å². The zero-order chi connectivity index (χ0) is 14.5. The molecule has 0 unspecified atom stereocenters. The molecule has 1 aromatic rings. The predicted octanol–water partition coefficient (Wildman–Crippen LogP) is 1.89. The van der Waals surface area contributed by atoms with Gasteiger partial charge in [0.2, 0.25) is 5.90 Å². The van der Waals surface area contributed by atoms with Crippen molar-refractivity contribution in [3.8, 4) is 11.5 Å². The second-order valence-corrected chi connectivity index (χ2v) is 3.80. The van der Waals surface area contributed by atoms with E-state index in [1.54, 1.807) is 18.2 Å². The summed E-state index contributed by atoms with van der Waals surface area (Å²) in [6, 6.07) is 5.24. The molecule has 20 heavy (non-hydrogen) atoms. The van der Waals surface area contributed by atoms with Gasteiger partial charge in [0, 0.05) is 0 Å². The van der Waals surface area contributed by atoms with Crippen molar-refractivity contribution in [3.63, 3.8) is 0 Å². The maximum absolute atomic E-state index is 11.7. The van der Waals surface area contributed by atoms with Gasteiger partial charge in [-0.2, -0.15) is 0 Å². The van der Waals surface area contributed by atoms with E-state index in [1.165, 1.54) is 20.5 Å². The molecule has 1 heterocycles. The third kappa shape index (κ3) is 2.59. The Balaban J connectivity index is 2.44. The molecule has 1 aliphatic rings. The number of methoxy groups -OCH3 is 2. The summed E-state index contributed by atoms with van der Waals surface area (Å²) < 4.78 is 20.7. The fraction of sp³-hybridized carbons (Fsp3) is 0.286. The highest BCUT2D eigenvalue weighted by atomic mass is 16.6. The summed E-state index contributed by atoms with van der Waals surface area (Å²) in [4.78, 5) is 15.8. The Morgan fingerprint density at radius 2 is 1.90 bits per heavy atom. The Morgan fingerprint density at radius 1 is 1.25 bits per heavy atom. The van der Waals surface area contributed by atoms with Crippen molar-refractivity contribution >= 4 is 11.9 Å². The summed E-state index contributed by atoms with van der Waals surface area (Å²) in [7, 11) is 3.04. The minimum absolute atomic E-state index is 0.106. The first-order valence-electron chi connectivity index (χ1n) is 6.05. The number of ether oxygens (including phenoxy) is 4. The quantitative estimate of drug-likeness (QED) is 0.467. The number of rotatable bonds is 5. The second kappa shape index (κ2) is 6.10.